The zero-order valence-electron chi connectivity index (χ0n) is 8.59. The summed E-state index contributed by atoms with van der Waals surface area (Å²) in [6, 6.07) is 0. The van der Waals surface area contributed by atoms with E-state index in [4.69, 9.17) is 0 Å². The van der Waals surface area contributed by atoms with Crippen molar-refractivity contribution in [3.63, 3.8) is 0 Å². The Bertz CT molecular complexity index is 372. The van der Waals surface area contributed by atoms with Crippen molar-refractivity contribution in [2.75, 3.05) is 0 Å². The Hall–Kier alpha value is -1.18. The highest BCUT2D eigenvalue weighted by molar-refractivity contribution is 6.07. The number of fused-ring (bicyclic) bond motifs is 1. The molecule has 0 amide bonds. The minimum atomic E-state index is -0.125. The summed E-state index contributed by atoms with van der Waals surface area (Å²) in [5, 5.41) is 0. The Kier molecular flexibility index (Phi) is 2.14. The molecule has 0 heterocycles. The first-order valence-electron chi connectivity index (χ1n) is 5.03. The number of Topliss-reactive ketones (excluding diaryl/α,β-unsaturated/α-hetero) is 2. The molecule has 0 spiro atoms. The van der Waals surface area contributed by atoms with Crippen LogP contribution in [0.4, 0.5) is 0 Å². The topological polar surface area (TPSA) is 34.1 Å². The Morgan fingerprint density at radius 2 is 1.93 bits per heavy atom. The molecule has 1 fully saturated rings. The standard InChI is InChI=1S/C12H14O2/c1-7-5-9-10(6-8(7)2)12(14)4-3-11(9)13/h5,10H,3-4,6H2,1-2H3. The van der Waals surface area contributed by atoms with Crippen LogP contribution in [0.1, 0.15) is 33.1 Å². The summed E-state index contributed by atoms with van der Waals surface area (Å²) in [6.07, 6.45) is 3.51. The minimum Gasteiger partial charge on any atom is -0.299 e. The summed E-state index contributed by atoms with van der Waals surface area (Å²) in [6.45, 7) is 4.04. The fraction of sp³-hybridized carbons (Fsp3) is 0.500. The highest BCUT2D eigenvalue weighted by atomic mass is 16.1. The molecule has 0 radical (unpaired) electrons. The monoisotopic (exact) mass is 190 g/mol. The summed E-state index contributed by atoms with van der Waals surface area (Å²) < 4.78 is 0. The van der Waals surface area contributed by atoms with Gasteiger partial charge in [0.15, 0.2) is 5.78 Å². The summed E-state index contributed by atoms with van der Waals surface area (Å²) in [7, 11) is 0. The maximum Gasteiger partial charge on any atom is 0.160 e. The van der Waals surface area contributed by atoms with Crippen molar-refractivity contribution >= 4 is 11.6 Å². The average molecular weight is 190 g/mol. The maximum atomic E-state index is 11.6. The van der Waals surface area contributed by atoms with Crippen LogP contribution in [0.3, 0.4) is 0 Å². The molecule has 2 nitrogen and oxygen atoms in total. The smallest absolute Gasteiger partial charge is 0.160 e. The van der Waals surface area contributed by atoms with Gasteiger partial charge in [-0.25, -0.2) is 0 Å². The molecule has 1 saturated carbocycles. The highest BCUT2D eigenvalue weighted by Gasteiger charge is 2.34. The van der Waals surface area contributed by atoms with E-state index in [9.17, 15) is 9.59 Å². The largest absolute Gasteiger partial charge is 0.299 e. The van der Waals surface area contributed by atoms with Gasteiger partial charge < -0.3 is 0 Å². The van der Waals surface area contributed by atoms with Crippen LogP contribution in [0.25, 0.3) is 0 Å². The van der Waals surface area contributed by atoms with Gasteiger partial charge in [0.25, 0.3) is 0 Å². The first-order chi connectivity index (χ1) is 6.59. The molecule has 0 aromatic rings. The van der Waals surface area contributed by atoms with Crippen LogP contribution in [0, 0.1) is 5.92 Å². The molecule has 14 heavy (non-hydrogen) atoms. The SMILES string of the molecule is CC1=C(C)CC2C(=O)CCC(=O)C2=C1. The molecule has 2 aliphatic carbocycles. The van der Waals surface area contributed by atoms with Crippen LogP contribution in [-0.2, 0) is 9.59 Å². The van der Waals surface area contributed by atoms with Crippen LogP contribution < -0.4 is 0 Å². The van der Waals surface area contributed by atoms with Gasteiger partial charge in [-0.05, 0) is 20.3 Å². The van der Waals surface area contributed by atoms with E-state index in [1.54, 1.807) is 0 Å². The van der Waals surface area contributed by atoms with E-state index in [2.05, 4.69) is 0 Å². The summed E-state index contributed by atoms with van der Waals surface area (Å²) in [5.74, 6) is 0.282. The zero-order valence-corrected chi connectivity index (χ0v) is 8.59. The van der Waals surface area contributed by atoms with Crippen molar-refractivity contribution in [1.82, 2.24) is 0 Å². The van der Waals surface area contributed by atoms with Crippen molar-refractivity contribution in [2.45, 2.75) is 33.1 Å². The van der Waals surface area contributed by atoms with Gasteiger partial charge in [0.05, 0.1) is 0 Å². The van der Waals surface area contributed by atoms with Crippen LogP contribution in [0.5, 0.6) is 0 Å². The summed E-state index contributed by atoms with van der Waals surface area (Å²) in [5.41, 5.74) is 3.14. The highest BCUT2D eigenvalue weighted by Crippen LogP contribution is 2.34. The molecule has 0 bridgehead atoms. The van der Waals surface area contributed by atoms with Crippen molar-refractivity contribution in [3.05, 3.63) is 22.8 Å². The molecular formula is C12H14O2. The predicted octanol–water partition coefficient (Wildman–Crippen LogP) is 2.20. The molecule has 0 aromatic heterocycles. The van der Waals surface area contributed by atoms with Crippen LogP contribution in [0.15, 0.2) is 22.8 Å². The third-order valence-electron chi connectivity index (χ3n) is 3.24. The number of rotatable bonds is 0. The van der Waals surface area contributed by atoms with E-state index in [0.717, 1.165) is 17.6 Å². The lowest BCUT2D eigenvalue weighted by Crippen LogP contribution is -2.30. The van der Waals surface area contributed by atoms with Crippen LogP contribution in [0.2, 0.25) is 0 Å². The van der Waals surface area contributed by atoms with E-state index in [0.29, 0.717) is 12.8 Å². The second-order valence-electron chi connectivity index (χ2n) is 4.21. The van der Waals surface area contributed by atoms with Crippen molar-refractivity contribution in [1.29, 1.82) is 0 Å². The fourth-order valence-electron chi connectivity index (χ4n) is 2.15. The third kappa shape index (κ3) is 1.35. The molecule has 1 atom stereocenters. The van der Waals surface area contributed by atoms with Crippen molar-refractivity contribution in [3.8, 4) is 0 Å². The third-order valence-corrected chi connectivity index (χ3v) is 3.24. The average Bonchev–Trinajstić information content (AvgIpc) is 2.15. The number of carbonyl (C=O) groups excluding carboxylic acids is 2. The van der Waals surface area contributed by atoms with Gasteiger partial charge in [-0.2, -0.15) is 0 Å². The van der Waals surface area contributed by atoms with Gasteiger partial charge in [-0.1, -0.05) is 17.2 Å². The Morgan fingerprint density at radius 1 is 1.21 bits per heavy atom. The molecule has 1 unspecified atom stereocenters. The van der Waals surface area contributed by atoms with E-state index < -0.39 is 0 Å². The normalized spacial score (nSPS) is 27.6. The van der Waals surface area contributed by atoms with E-state index >= 15 is 0 Å². The number of carbonyl (C=O) groups is 2. The van der Waals surface area contributed by atoms with E-state index in [-0.39, 0.29) is 17.5 Å². The zero-order chi connectivity index (χ0) is 10.3. The quantitative estimate of drug-likeness (QED) is 0.586. The van der Waals surface area contributed by atoms with Gasteiger partial charge in [0, 0.05) is 24.3 Å². The first kappa shape index (κ1) is 9.38. The summed E-state index contributed by atoms with van der Waals surface area (Å²) >= 11 is 0. The molecule has 2 heteroatoms. The van der Waals surface area contributed by atoms with E-state index in [1.165, 1.54) is 5.57 Å². The van der Waals surface area contributed by atoms with E-state index in [1.807, 2.05) is 19.9 Å². The van der Waals surface area contributed by atoms with Gasteiger partial charge in [0.2, 0.25) is 0 Å². The minimum absolute atomic E-state index is 0.125. The Balaban J connectivity index is 2.42. The number of ketones is 2. The van der Waals surface area contributed by atoms with Gasteiger partial charge in [-0.15, -0.1) is 0 Å². The molecular weight excluding hydrogens is 176 g/mol. The molecule has 2 aliphatic rings. The lowest BCUT2D eigenvalue weighted by Gasteiger charge is -2.27. The number of allylic oxidation sites excluding steroid dienone is 4. The second kappa shape index (κ2) is 3.19. The van der Waals surface area contributed by atoms with Crippen molar-refractivity contribution in [2.24, 2.45) is 5.92 Å². The maximum absolute atomic E-state index is 11.6. The van der Waals surface area contributed by atoms with Gasteiger partial charge in [0.1, 0.15) is 5.78 Å². The predicted molar refractivity (Wildman–Crippen MR) is 53.8 cm³/mol. The first-order valence-corrected chi connectivity index (χ1v) is 5.03. The molecule has 0 aliphatic heterocycles. The number of hydrogen-bond donors (Lipinski definition) is 0. The molecule has 0 N–H and O–H groups in total. The van der Waals surface area contributed by atoms with Gasteiger partial charge in [-0.3, -0.25) is 9.59 Å². The van der Waals surface area contributed by atoms with Crippen LogP contribution in [-0.4, -0.2) is 11.6 Å². The molecule has 0 saturated heterocycles. The summed E-state index contributed by atoms with van der Waals surface area (Å²) in [4.78, 5) is 23.2. The lowest BCUT2D eigenvalue weighted by molar-refractivity contribution is -0.128. The second-order valence-corrected chi connectivity index (χ2v) is 4.21. The molecule has 0 aromatic carbocycles. The van der Waals surface area contributed by atoms with Crippen LogP contribution >= 0.6 is 0 Å². The number of hydrogen-bond acceptors (Lipinski definition) is 2. The molecule has 74 valence electrons. The lowest BCUT2D eigenvalue weighted by atomic mass is 9.74. The fourth-order valence-corrected chi connectivity index (χ4v) is 2.15. The Labute approximate surface area is 83.7 Å². The molecule has 2 rings (SSSR count). The van der Waals surface area contributed by atoms with Crippen molar-refractivity contribution < 1.29 is 9.59 Å². The van der Waals surface area contributed by atoms with Gasteiger partial charge >= 0.3 is 0 Å². The Morgan fingerprint density at radius 3 is 2.64 bits per heavy atom.